The molecule has 4 bridgehead atoms. The van der Waals surface area contributed by atoms with Gasteiger partial charge in [0, 0.05) is 36.5 Å². The summed E-state index contributed by atoms with van der Waals surface area (Å²) in [6.07, 6.45) is 8.93. The van der Waals surface area contributed by atoms with Crippen LogP contribution in [0.25, 0.3) is 0 Å². The Morgan fingerprint density at radius 1 is 1.06 bits per heavy atom. The number of aromatic amines is 1. The summed E-state index contributed by atoms with van der Waals surface area (Å²) >= 11 is 0. The number of ether oxygens (including phenoxy) is 1. The number of H-pyrrole nitrogens is 1. The summed E-state index contributed by atoms with van der Waals surface area (Å²) in [6, 6.07) is 4.94. The van der Waals surface area contributed by atoms with Crippen molar-refractivity contribution in [2.45, 2.75) is 76.3 Å². The molecule has 0 unspecified atom stereocenters. The second kappa shape index (κ2) is 10.7. The molecular formula is C27H35N5O4. The number of rotatable bonds is 2. The first-order chi connectivity index (χ1) is 17.5. The van der Waals surface area contributed by atoms with Crippen LogP contribution in [-0.4, -0.2) is 64.6 Å². The molecule has 36 heavy (non-hydrogen) atoms. The molecule has 3 aliphatic rings. The van der Waals surface area contributed by atoms with Gasteiger partial charge in [0.25, 0.3) is 11.8 Å². The van der Waals surface area contributed by atoms with Crippen LogP contribution in [0, 0.1) is 6.92 Å². The summed E-state index contributed by atoms with van der Waals surface area (Å²) < 4.78 is 5.82. The largest absolute Gasteiger partial charge is 0.491 e. The topological polar surface area (TPSA) is 116 Å². The zero-order valence-corrected chi connectivity index (χ0v) is 20.8. The van der Waals surface area contributed by atoms with Crippen LogP contribution < -0.4 is 15.4 Å². The number of carbonyl (C=O) groups is 3. The molecular weight excluding hydrogens is 458 g/mol. The Labute approximate surface area is 211 Å². The molecule has 1 saturated heterocycles. The zero-order valence-electron chi connectivity index (χ0n) is 20.8. The molecule has 0 radical (unpaired) electrons. The van der Waals surface area contributed by atoms with Crippen LogP contribution in [0.1, 0.15) is 89.3 Å². The Bertz CT molecular complexity index is 1120. The van der Waals surface area contributed by atoms with Crippen LogP contribution >= 0.6 is 0 Å². The summed E-state index contributed by atoms with van der Waals surface area (Å²) in [5.74, 6) is 0.515. The minimum Gasteiger partial charge on any atom is -0.491 e. The highest BCUT2D eigenvalue weighted by molar-refractivity contribution is 5.97. The number of aryl methyl sites for hydroxylation is 1. The minimum atomic E-state index is -0.233. The van der Waals surface area contributed by atoms with E-state index in [0.29, 0.717) is 48.9 Å². The number of fused-ring (bicyclic) bond motifs is 4. The summed E-state index contributed by atoms with van der Waals surface area (Å²) in [5.41, 5.74) is 2.94. The number of benzene rings is 1. The fourth-order valence-corrected chi connectivity index (χ4v) is 5.85. The first kappa shape index (κ1) is 24.3. The van der Waals surface area contributed by atoms with Gasteiger partial charge in [0.15, 0.2) is 0 Å². The first-order valence-electron chi connectivity index (χ1n) is 13.2. The van der Waals surface area contributed by atoms with Gasteiger partial charge in [0.2, 0.25) is 5.91 Å². The quantitative estimate of drug-likeness (QED) is 0.595. The van der Waals surface area contributed by atoms with E-state index in [-0.39, 0.29) is 36.2 Å². The predicted octanol–water partition coefficient (Wildman–Crippen LogP) is 3.07. The third-order valence-electron chi connectivity index (χ3n) is 7.82. The summed E-state index contributed by atoms with van der Waals surface area (Å²) in [5, 5.41) is 13.3. The maximum atomic E-state index is 13.9. The average Bonchev–Trinajstić information content (AvgIpc) is 3.53. The van der Waals surface area contributed by atoms with Crippen molar-refractivity contribution in [2.24, 2.45) is 0 Å². The van der Waals surface area contributed by atoms with Crippen LogP contribution in [0.5, 0.6) is 5.75 Å². The van der Waals surface area contributed by atoms with Gasteiger partial charge in [-0.25, -0.2) is 0 Å². The molecule has 2 aliphatic heterocycles. The Balaban J connectivity index is 1.41. The molecule has 3 N–H and O–H groups in total. The summed E-state index contributed by atoms with van der Waals surface area (Å²) in [7, 11) is 0. The highest BCUT2D eigenvalue weighted by Gasteiger charge is 2.40. The molecule has 1 saturated carbocycles. The maximum absolute atomic E-state index is 13.9. The third-order valence-corrected chi connectivity index (χ3v) is 7.82. The molecule has 9 nitrogen and oxygen atoms in total. The molecule has 2 fully saturated rings. The van der Waals surface area contributed by atoms with E-state index in [2.05, 4.69) is 20.8 Å². The van der Waals surface area contributed by atoms with Gasteiger partial charge in [-0.1, -0.05) is 25.3 Å². The van der Waals surface area contributed by atoms with Crippen molar-refractivity contribution < 1.29 is 19.1 Å². The molecule has 1 aliphatic carbocycles. The molecule has 192 valence electrons. The van der Waals surface area contributed by atoms with Crippen LogP contribution in [0.15, 0.2) is 24.4 Å². The standard InChI is InChI=1S/C27H35N5O4/c1-17-7-8-19-13-23(17)36-12-11-28-24(33)14-20-9-10-21(15-29-26(19)34)32(20)27(35)22-16-30-31-25(22)18-5-3-2-4-6-18/h7-8,13,16,18,20-21H,2-6,9-12,14-15H2,1H3,(H,28,33)(H,29,34)(H,30,31)/t20-,21+/m0/s1. The van der Waals surface area contributed by atoms with Gasteiger partial charge in [-0.3, -0.25) is 19.5 Å². The second-order valence-corrected chi connectivity index (χ2v) is 10.2. The molecule has 5 rings (SSSR count). The van der Waals surface area contributed by atoms with E-state index in [1.54, 1.807) is 18.3 Å². The van der Waals surface area contributed by atoms with Gasteiger partial charge in [0.05, 0.1) is 24.0 Å². The number of nitrogens with one attached hydrogen (secondary N) is 3. The van der Waals surface area contributed by atoms with Crippen molar-refractivity contribution in [3.8, 4) is 5.75 Å². The smallest absolute Gasteiger partial charge is 0.257 e. The third kappa shape index (κ3) is 5.10. The average molecular weight is 494 g/mol. The molecule has 2 aromatic rings. The van der Waals surface area contributed by atoms with E-state index in [9.17, 15) is 14.4 Å². The van der Waals surface area contributed by atoms with Crippen LogP contribution in [-0.2, 0) is 4.79 Å². The maximum Gasteiger partial charge on any atom is 0.257 e. The fraction of sp³-hybridized carbons (Fsp3) is 0.556. The van der Waals surface area contributed by atoms with Crippen molar-refractivity contribution in [1.82, 2.24) is 25.7 Å². The predicted molar refractivity (Wildman–Crippen MR) is 134 cm³/mol. The summed E-state index contributed by atoms with van der Waals surface area (Å²) in [6.45, 7) is 2.90. The van der Waals surface area contributed by atoms with Gasteiger partial charge < -0.3 is 20.3 Å². The molecule has 0 spiro atoms. The van der Waals surface area contributed by atoms with E-state index in [1.165, 1.54) is 6.42 Å². The fourth-order valence-electron chi connectivity index (χ4n) is 5.85. The van der Waals surface area contributed by atoms with Gasteiger partial charge in [-0.05, 0) is 50.3 Å². The van der Waals surface area contributed by atoms with Crippen molar-refractivity contribution in [3.05, 3.63) is 46.8 Å². The van der Waals surface area contributed by atoms with Crippen molar-refractivity contribution in [3.63, 3.8) is 0 Å². The molecule has 9 heteroatoms. The van der Waals surface area contributed by atoms with Crippen LogP contribution in [0.4, 0.5) is 0 Å². The second-order valence-electron chi connectivity index (χ2n) is 10.2. The van der Waals surface area contributed by atoms with E-state index in [1.807, 2.05) is 17.9 Å². The molecule has 3 heterocycles. The van der Waals surface area contributed by atoms with Crippen LogP contribution in [0.2, 0.25) is 0 Å². The number of carbonyl (C=O) groups excluding carboxylic acids is 3. The Morgan fingerprint density at radius 2 is 1.86 bits per heavy atom. The SMILES string of the molecule is Cc1ccc2cc1OCCNC(=O)C[C@@H]1CC[C@H](CNC2=O)N1C(=O)c1cn[nH]c1C1CCCCC1. The lowest BCUT2D eigenvalue weighted by Gasteiger charge is -2.31. The Kier molecular flexibility index (Phi) is 7.25. The lowest BCUT2D eigenvalue weighted by molar-refractivity contribution is -0.122. The van der Waals surface area contributed by atoms with E-state index >= 15 is 0 Å². The molecule has 1 aromatic carbocycles. The van der Waals surface area contributed by atoms with E-state index < -0.39 is 0 Å². The van der Waals surface area contributed by atoms with Gasteiger partial charge >= 0.3 is 0 Å². The van der Waals surface area contributed by atoms with Gasteiger partial charge in [0.1, 0.15) is 12.4 Å². The molecule has 2 atom stereocenters. The van der Waals surface area contributed by atoms with Gasteiger partial charge in [-0.2, -0.15) is 5.10 Å². The highest BCUT2D eigenvalue weighted by atomic mass is 16.5. The van der Waals surface area contributed by atoms with Crippen molar-refractivity contribution in [2.75, 3.05) is 19.7 Å². The van der Waals surface area contributed by atoms with E-state index in [0.717, 1.165) is 43.4 Å². The zero-order chi connectivity index (χ0) is 25.1. The molecule has 3 amide bonds. The Morgan fingerprint density at radius 3 is 2.69 bits per heavy atom. The van der Waals surface area contributed by atoms with Gasteiger partial charge in [-0.15, -0.1) is 0 Å². The first-order valence-corrected chi connectivity index (χ1v) is 13.2. The summed E-state index contributed by atoms with van der Waals surface area (Å²) in [4.78, 5) is 41.5. The lowest BCUT2D eigenvalue weighted by Crippen LogP contribution is -2.48. The number of amides is 3. The number of hydrogen-bond donors (Lipinski definition) is 3. The number of aromatic nitrogens is 2. The monoisotopic (exact) mass is 493 g/mol. The Hall–Kier alpha value is -3.36. The van der Waals surface area contributed by atoms with E-state index in [4.69, 9.17) is 4.74 Å². The lowest BCUT2D eigenvalue weighted by atomic mass is 9.85. The number of hydrogen-bond acceptors (Lipinski definition) is 5. The normalized spacial score (nSPS) is 23.8. The minimum absolute atomic E-state index is 0.105. The highest BCUT2D eigenvalue weighted by Crippen LogP contribution is 2.35. The number of nitrogens with zero attached hydrogens (tertiary/aromatic N) is 2. The van der Waals surface area contributed by atoms with Crippen molar-refractivity contribution >= 4 is 17.7 Å². The van der Waals surface area contributed by atoms with Crippen LogP contribution in [0.3, 0.4) is 0 Å². The van der Waals surface area contributed by atoms with Crippen molar-refractivity contribution in [1.29, 1.82) is 0 Å². The molecule has 1 aromatic heterocycles.